The number of carbonyl (C=O) groups excluding carboxylic acids is 1. The summed E-state index contributed by atoms with van der Waals surface area (Å²) in [4.78, 5) is 16.1. The van der Waals surface area contributed by atoms with Crippen molar-refractivity contribution >= 4 is 5.91 Å². The molecule has 0 saturated heterocycles. The van der Waals surface area contributed by atoms with Crippen LogP contribution in [0.25, 0.3) is 0 Å². The summed E-state index contributed by atoms with van der Waals surface area (Å²) < 4.78 is 0. The molecule has 1 amide bonds. The largest absolute Gasteiger partial charge is 0.344 e. The normalized spacial score (nSPS) is 18.9. The number of aryl methyl sites for hydroxylation is 1. The van der Waals surface area contributed by atoms with Crippen LogP contribution in [-0.2, 0) is 6.42 Å². The Labute approximate surface area is 101 Å². The minimum Gasteiger partial charge on any atom is -0.344 e. The lowest BCUT2D eigenvalue weighted by Gasteiger charge is -2.34. The Morgan fingerprint density at radius 1 is 1.41 bits per heavy atom. The second-order valence-corrected chi connectivity index (χ2v) is 5.03. The summed E-state index contributed by atoms with van der Waals surface area (Å²) in [5.74, 6) is 0.850. The molecule has 1 heterocycles. The Bertz CT molecular complexity index is 393. The van der Waals surface area contributed by atoms with E-state index in [2.05, 4.69) is 27.4 Å². The first-order chi connectivity index (χ1) is 8.13. The summed E-state index contributed by atoms with van der Waals surface area (Å²) in [5, 5.41) is 9.76. The topological polar surface area (TPSA) is 70.7 Å². The van der Waals surface area contributed by atoms with Crippen LogP contribution >= 0.6 is 0 Å². The van der Waals surface area contributed by atoms with Crippen molar-refractivity contribution in [1.82, 2.24) is 20.5 Å². The van der Waals surface area contributed by atoms with Crippen LogP contribution in [0.2, 0.25) is 0 Å². The predicted molar refractivity (Wildman–Crippen MR) is 64.7 cm³/mol. The molecule has 2 rings (SSSR count). The molecular weight excluding hydrogens is 216 g/mol. The van der Waals surface area contributed by atoms with E-state index in [4.69, 9.17) is 0 Å². The Morgan fingerprint density at radius 3 is 2.71 bits per heavy atom. The van der Waals surface area contributed by atoms with Gasteiger partial charge in [0, 0.05) is 12.0 Å². The second kappa shape index (κ2) is 4.85. The number of aromatic nitrogens is 3. The zero-order valence-electron chi connectivity index (χ0n) is 10.5. The van der Waals surface area contributed by atoms with E-state index in [0.717, 1.165) is 25.1 Å². The van der Waals surface area contributed by atoms with Crippen molar-refractivity contribution in [2.75, 3.05) is 0 Å². The number of hydrogen-bond acceptors (Lipinski definition) is 3. The number of aromatic amines is 1. The molecule has 0 unspecified atom stereocenters. The van der Waals surface area contributed by atoms with Gasteiger partial charge in [0.05, 0.1) is 0 Å². The highest BCUT2D eigenvalue weighted by molar-refractivity contribution is 5.90. The third kappa shape index (κ3) is 2.84. The fraction of sp³-hybridized carbons (Fsp3) is 0.750. The SMILES string of the molecule is CCc1nc(C(=O)NC2(C)CCCCC2)n[nH]1. The fourth-order valence-corrected chi connectivity index (χ4v) is 2.34. The van der Waals surface area contributed by atoms with Crippen LogP contribution in [0.15, 0.2) is 0 Å². The van der Waals surface area contributed by atoms with Gasteiger partial charge in [-0.1, -0.05) is 26.2 Å². The molecule has 5 nitrogen and oxygen atoms in total. The smallest absolute Gasteiger partial charge is 0.291 e. The van der Waals surface area contributed by atoms with Crippen LogP contribution in [0.3, 0.4) is 0 Å². The fourth-order valence-electron chi connectivity index (χ4n) is 2.34. The minimum atomic E-state index is -0.162. The van der Waals surface area contributed by atoms with Crippen LogP contribution in [0, 0.1) is 0 Å². The molecule has 1 aromatic rings. The molecule has 0 aliphatic heterocycles. The van der Waals surface area contributed by atoms with Gasteiger partial charge < -0.3 is 5.32 Å². The van der Waals surface area contributed by atoms with Crippen LogP contribution < -0.4 is 5.32 Å². The maximum absolute atomic E-state index is 12.0. The van der Waals surface area contributed by atoms with Crippen molar-refractivity contribution in [3.05, 3.63) is 11.6 Å². The minimum absolute atomic E-state index is 0.0810. The number of carbonyl (C=O) groups is 1. The van der Waals surface area contributed by atoms with Crippen molar-refractivity contribution in [3.63, 3.8) is 0 Å². The molecule has 1 saturated carbocycles. The van der Waals surface area contributed by atoms with E-state index in [9.17, 15) is 4.79 Å². The lowest BCUT2D eigenvalue weighted by molar-refractivity contribution is 0.0872. The van der Waals surface area contributed by atoms with E-state index in [-0.39, 0.29) is 17.3 Å². The maximum Gasteiger partial charge on any atom is 0.291 e. The highest BCUT2D eigenvalue weighted by Crippen LogP contribution is 2.27. The van der Waals surface area contributed by atoms with Gasteiger partial charge in [-0.15, -0.1) is 5.10 Å². The molecule has 1 aliphatic carbocycles. The zero-order valence-corrected chi connectivity index (χ0v) is 10.5. The van der Waals surface area contributed by atoms with Crippen LogP contribution in [0.5, 0.6) is 0 Å². The van der Waals surface area contributed by atoms with Gasteiger partial charge in [-0.3, -0.25) is 9.89 Å². The van der Waals surface area contributed by atoms with E-state index in [0.29, 0.717) is 0 Å². The Balaban J connectivity index is 2.00. The Morgan fingerprint density at radius 2 is 2.12 bits per heavy atom. The summed E-state index contributed by atoms with van der Waals surface area (Å²) in [6, 6.07) is 0. The summed E-state index contributed by atoms with van der Waals surface area (Å²) in [6.07, 6.45) is 6.49. The van der Waals surface area contributed by atoms with Crippen molar-refractivity contribution in [3.8, 4) is 0 Å². The molecule has 5 heteroatoms. The van der Waals surface area contributed by atoms with E-state index >= 15 is 0 Å². The number of hydrogen-bond donors (Lipinski definition) is 2. The van der Waals surface area contributed by atoms with Crippen LogP contribution in [-0.4, -0.2) is 26.6 Å². The molecule has 0 spiro atoms. The number of amides is 1. The summed E-state index contributed by atoms with van der Waals surface area (Å²) in [5.41, 5.74) is -0.0810. The molecule has 0 bridgehead atoms. The summed E-state index contributed by atoms with van der Waals surface area (Å²) in [6.45, 7) is 4.09. The molecule has 94 valence electrons. The molecule has 0 aromatic carbocycles. The summed E-state index contributed by atoms with van der Waals surface area (Å²) >= 11 is 0. The van der Waals surface area contributed by atoms with Crippen molar-refractivity contribution in [2.45, 2.75) is 57.9 Å². The third-order valence-corrected chi connectivity index (χ3v) is 3.44. The van der Waals surface area contributed by atoms with Gasteiger partial charge in [-0.2, -0.15) is 0 Å². The van der Waals surface area contributed by atoms with Crippen molar-refractivity contribution in [1.29, 1.82) is 0 Å². The molecule has 1 aliphatic rings. The average Bonchev–Trinajstić information content (AvgIpc) is 2.78. The van der Waals surface area contributed by atoms with Crippen LogP contribution in [0.1, 0.15) is 62.4 Å². The molecule has 17 heavy (non-hydrogen) atoms. The Kier molecular flexibility index (Phi) is 3.45. The molecule has 1 fully saturated rings. The van der Waals surface area contributed by atoms with Crippen molar-refractivity contribution < 1.29 is 4.79 Å². The molecule has 2 N–H and O–H groups in total. The van der Waals surface area contributed by atoms with Crippen molar-refractivity contribution in [2.24, 2.45) is 0 Å². The zero-order chi connectivity index (χ0) is 12.3. The van der Waals surface area contributed by atoms with Gasteiger partial charge in [0.15, 0.2) is 0 Å². The quantitative estimate of drug-likeness (QED) is 0.841. The van der Waals surface area contributed by atoms with E-state index < -0.39 is 0 Å². The van der Waals surface area contributed by atoms with Gasteiger partial charge in [0.25, 0.3) is 5.91 Å². The Hall–Kier alpha value is -1.39. The van der Waals surface area contributed by atoms with Gasteiger partial charge in [0.1, 0.15) is 5.82 Å². The maximum atomic E-state index is 12.0. The van der Waals surface area contributed by atoms with Gasteiger partial charge in [-0.25, -0.2) is 4.98 Å². The average molecular weight is 236 g/mol. The number of rotatable bonds is 3. The first kappa shape index (κ1) is 12.1. The second-order valence-electron chi connectivity index (χ2n) is 5.03. The van der Waals surface area contributed by atoms with E-state index in [1.807, 2.05) is 6.92 Å². The lowest BCUT2D eigenvalue weighted by Crippen LogP contribution is -2.47. The third-order valence-electron chi connectivity index (χ3n) is 3.44. The van der Waals surface area contributed by atoms with Gasteiger partial charge >= 0.3 is 0 Å². The first-order valence-corrected chi connectivity index (χ1v) is 6.37. The van der Waals surface area contributed by atoms with Gasteiger partial charge in [0.2, 0.25) is 5.82 Å². The first-order valence-electron chi connectivity index (χ1n) is 6.37. The van der Waals surface area contributed by atoms with Gasteiger partial charge in [-0.05, 0) is 19.8 Å². The molecule has 0 atom stereocenters. The number of nitrogens with one attached hydrogen (secondary N) is 2. The van der Waals surface area contributed by atoms with E-state index in [1.54, 1.807) is 0 Å². The number of nitrogens with zero attached hydrogens (tertiary/aromatic N) is 2. The highest BCUT2D eigenvalue weighted by atomic mass is 16.2. The lowest BCUT2D eigenvalue weighted by atomic mass is 9.83. The predicted octanol–water partition coefficient (Wildman–Crippen LogP) is 1.82. The standard InChI is InChI=1S/C12H20N4O/c1-3-9-13-10(16-15-9)11(17)14-12(2)7-5-4-6-8-12/h3-8H2,1-2H3,(H,14,17)(H,13,15,16). The molecule has 1 aromatic heterocycles. The van der Waals surface area contributed by atoms with E-state index in [1.165, 1.54) is 19.3 Å². The number of H-pyrrole nitrogens is 1. The van der Waals surface area contributed by atoms with Crippen LogP contribution in [0.4, 0.5) is 0 Å². The monoisotopic (exact) mass is 236 g/mol. The molecular formula is C12H20N4O. The molecule has 0 radical (unpaired) electrons. The highest BCUT2D eigenvalue weighted by Gasteiger charge is 2.29. The summed E-state index contributed by atoms with van der Waals surface area (Å²) in [7, 11) is 0.